The van der Waals surface area contributed by atoms with E-state index in [4.69, 9.17) is 5.11 Å². The zero-order chi connectivity index (χ0) is 20.2. The highest BCUT2D eigenvalue weighted by Gasteiger charge is 2.22. The van der Waals surface area contributed by atoms with Crippen molar-refractivity contribution >= 4 is 11.9 Å². The van der Waals surface area contributed by atoms with Crippen molar-refractivity contribution in [2.75, 3.05) is 19.6 Å². The highest BCUT2D eigenvalue weighted by Crippen LogP contribution is 2.10. The Bertz CT molecular complexity index is 563. The number of amides is 1. The van der Waals surface area contributed by atoms with Gasteiger partial charge in [-0.3, -0.25) is 4.79 Å². The van der Waals surface area contributed by atoms with Crippen LogP contribution in [-0.4, -0.2) is 57.3 Å². The number of nitrogens with one attached hydrogen (secondary N) is 1. The SMILES string of the molecule is CCCCCN(CCCCC)CC(C)NC(=O)c1ccnn1C(C)C(=O)O. The molecule has 1 heterocycles. The summed E-state index contributed by atoms with van der Waals surface area (Å²) >= 11 is 0. The number of carbonyl (C=O) groups excluding carboxylic acids is 1. The number of carboxylic acid groups (broad SMARTS) is 1. The topological polar surface area (TPSA) is 87.5 Å². The molecule has 1 amide bonds. The molecule has 154 valence electrons. The van der Waals surface area contributed by atoms with E-state index in [2.05, 4.69) is 29.2 Å². The quantitative estimate of drug-likeness (QED) is 0.483. The zero-order valence-corrected chi connectivity index (χ0v) is 17.3. The number of aliphatic carboxylic acids is 1. The Morgan fingerprint density at radius 2 is 1.74 bits per heavy atom. The number of nitrogens with zero attached hydrogens (tertiary/aromatic N) is 3. The molecule has 0 saturated carbocycles. The van der Waals surface area contributed by atoms with E-state index < -0.39 is 12.0 Å². The zero-order valence-electron chi connectivity index (χ0n) is 17.3. The summed E-state index contributed by atoms with van der Waals surface area (Å²) in [6, 6.07) is 0.654. The molecule has 0 aliphatic heterocycles. The number of carboxylic acids is 1. The second-order valence-corrected chi connectivity index (χ2v) is 7.26. The average Bonchev–Trinajstić information content (AvgIpc) is 3.10. The molecular weight excluding hydrogens is 344 g/mol. The van der Waals surface area contributed by atoms with Crippen LogP contribution in [0, 0.1) is 0 Å². The fraction of sp³-hybridized carbons (Fsp3) is 0.750. The number of hydrogen-bond donors (Lipinski definition) is 2. The minimum atomic E-state index is -1.01. The van der Waals surface area contributed by atoms with Gasteiger partial charge in [0.25, 0.3) is 5.91 Å². The molecule has 0 aliphatic rings. The van der Waals surface area contributed by atoms with E-state index in [0.717, 1.165) is 19.6 Å². The van der Waals surface area contributed by atoms with Gasteiger partial charge in [0, 0.05) is 18.8 Å². The highest BCUT2D eigenvalue weighted by molar-refractivity contribution is 5.93. The fourth-order valence-corrected chi connectivity index (χ4v) is 3.10. The number of carbonyl (C=O) groups is 2. The molecule has 0 aliphatic carbocycles. The lowest BCUT2D eigenvalue weighted by Crippen LogP contribution is -2.43. The number of rotatable bonds is 14. The summed E-state index contributed by atoms with van der Waals surface area (Å²) in [5.74, 6) is -1.30. The molecule has 2 atom stereocenters. The van der Waals surface area contributed by atoms with Gasteiger partial charge in [0.05, 0.1) is 0 Å². The standard InChI is InChI=1S/C20H36N4O3/c1-5-7-9-13-23(14-10-8-6-2)15-16(3)22-19(25)18-11-12-21-24(18)17(4)20(26)27/h11-12,16-17H,5-10,13-15H2,1-4H3,(H,22,25)(H,26,27). The molecule has 0 fully saturated rings. The Morgan fingerprint density at radius 3 is 2.26 bits per heavy atom. The maximum Gasteiger partial charge on any atom is 0.328 e. The van der Waals surface area contributed by atoms with Crippen molar-refractivity contribution in [2.24, 2.45) is 0 Å². The van der Waals surface area contributed by atoms with Crippen LogP contribution < -0.4 is 5.32 Å². The lowest BCUT2D eigenvalue weighted by Gasteiger charge is -2.26. The van der Waals surface area contributed by atoms with Gasteiger partial charge in [0.1, 0.15) is 11.7 Å². The molecule has 0 saturated heterocycles. The van der Waals surface area contributed by atoms with Gasteiger partial charge >= 0.3 is 5.97 Å². The second-order valence-electron chi connectivity index (χ2n) is 7.26. The van der Waals surface area contributed by atoms with Crippen molar-refractivity contribution in [3.05, 3.63) is 18.0 Å². The Labute approximate surface area is 163 Å². The summed E-state index contributed by atoms with van der Waals surface area (Å²) in [6.07, 6.45) is 8.63. The Balaban J connectivity index is 2.63. The van der Waals surface area contributed by atoms with Gasteiger partial charge in [-0.1, -0.05) is 39.5 Å². The highest BCUT2D eigenvalue weighted by atomic mass is 16.4. The van der Waals surface area contributed by atoms with Crippen molar-refractivity contribution in [2.45, 2.75) is 78.3 Å². The maximum atomic E-state index is 12.6. The van der Waals surface area contributed by atoms with Gasteiger partial charge in [-0.2, -0.15) is 5.10 Å². The molecule has 1 aromatic rings. The van der Waals surface area contributed by atoms with Crippen LogP contribution in [0.5, 0.6) is 0 Å². The Hall–Kier alpha value is -1.89. The van der Waals surface area contributed by atoms with Crippen molar-refractivity contribution in [1.29, 1.82) is 0 Å². The molecule has 2 N–H and O–H groups in total. The van der Waals surface area contributed by atoms with Crippen molar-refractivity contribution in [3.8, 4) is 0 Å². The van der Waals surface area contributed by atoms with Crippen LogP contribution in [0.3, 0.4) is 0 Å². The molecule has 7 heteroatoms. The lowest BCUT2D eigenvalue weighted by molar-refractivity contribution is -0.140. The minimum absolute atomic E-state index is 0.0239. The van der Waals surface area contributed by atoms with E-state index >= 15 is 0 Å². The predicted molar refractivity (Wildman–Crippen MR) is 107 cm³/mol. The van der Waals surface area contributed by atoms with Gasteiger partial charge in [-0.05, 0) is 45.8 Å². The third-order valence-corrected chi connectivity index (χ3v) is 4.69. The first kappa shape index (κ1) is 23.1. The second kappa shape index (κ2) is 12.5. The summed E-state index contributed by atoms with van der Waals surface area (Å²) in [4.78, 5) is 26.2. The summed E-state index contributed by atoms with van der Waals surface area (Å²) < 4.78 is 1.25. The number of unbranched alkanes of at least 4 members (excludes halogenated alkanes) is 4. The molecule has 0 aromatic carbocycles. The Kier molecular flexibility index (Phi) is 10.7. The van der Waals surface area contributed by atoms with Crippen LogP contribution in [0.15, 0.2) is 12.3 Å². The van der Waals surface area contributed by atoms with Gasteiger partial charge in [0.2, 0.25) is 0 Å². The van der Waals surface area contributed by atoms with Gasteiger partial charge in [-0.15, -0.1) is 0 Å². The molecule has 2 unspecified atom stereocenters. The molecule has 27 heavy (non-hydrogen) atoms. The average molecular weight is 381 g/mol. The first-order valence-corrected chi connectivity index (χ1v) is 10.2. The van der Waals surface area contributed by atoms with Gasteiger partial charge in [-0.25, -0.2) is 9.48 Å². The maximum absolute atomic E-state index is 12.6. The first-order valence-electron chi connectivity index (χ1n) is 10.2. The minimum Gasteiger partial charge on any atom is -0.480 e. The smallest absolute Gasteiger partial charge is 0.328 e. The summed E-state index contributed by atoms with van der Waals surface area (Å²) in [5.41, 5.74) is 0.278. The first-order chi connectivity index (χ1) is 12.9. The fourth-order valence-electron chi connectivity index (χ4n) is 3.10. The van der Waals surface area contributed by atoms with Crippen molar-refractivity contribution < 1.29 is 14.7 Å². The monoisotopic (exact) mass is 380 g/mol. The van der Waals surface area contributed by atoms with Crippen LogP contribution >= 0.6 is 0 Å². The molecule has 1 aromatic heterocycles. The van der Waals surface area contributed by atoms with Crippen molar-refractivity contribution in [1.82, 2.24) is 20.0 Å². The third kappa shape index (κ3) is 8.12. The van der Waals surface area contributed by atoms with E-state index in [1.165, 1.54) is 56.3 Å². The van der Waals surface area contributed by atoms with Crippen LogP contribution in [0.2, 0.25) is 0 Å². The summed E-state index contributed by atoms with van der Waals surface area (Å²) in [5, 5.41) is 16.2. The predicted octanol–water partition coefficient (Wildman–Crippen LogP) is 3.33. The van der Waals surface area contributed by atoms with E-state index in [9.17, 15) is 9.59 Å². The largest absolute Gasteiger partial charge is 0.480 e. The molecule has 7 nitrogen and oxygen atoms in total. The molecule has 0 spiro atoms. The van der Waals surface area contributed by atoms with Crippen LogP contribution in [-0.2, 0) is 4.79 Å². The van der Waals surface area contributed by atoms with Crippen LogP contribution in [0.4, 0.5) is 0 Å². The molecular formula is C20H36N4O3. The van der Waals surface area contributed by atoms with Crippen molar-refractivity contribution in [3.63, 3.8) is 0 Å². The number of aromatic nitrogens is 2. The van der Waals surface area contributed by atoms with Gasteiger partial charge < -0.3 is 15.3 Å². The van der Waals surface area contributed by atoms with E-state index in [0.29, 0.717) is 0 Å². The third-order valence-electron chi connectivity index (χ3n) is 4.69. The van der Waals surface area contributed by atoms with Gasteiger partial charge in [0.15, 0.2) is 0 Å². The van der Waals surface area contributed by atoms with Crippen LogP contribution in [0.1, 0.15) is 82.8 Å². The molecule has 0 bridgehead atoms. The normalized spacial score (nSPS) is 13.5. The molecule has 0 radical (unpaired) electrons. The van der Waals surface area contributed by atoms with E-state index in [1.807, 2.05) is 6.92 Å². The van der Waals surface area contributed by atoms with E-state index in [-0.39, 0.29) is 17.6 Å². The summed E-state index contributed by atoms with van der Waals surface area (Å²) in [6.45, 7) is 10.8. The molecule has 1 rings (SSSR count). The number of hydrogen-bond acceptors (Lipinski definition) is 4. The van der Waals surface area contributed by atoms with Crippen LogP contribution in [0.25, 0.3) is 0 Å². The lowest BCUT2D eigenvalue weighted by atomic mass is 10.2. The van der Waals surface area contributed by atoms with E-state index in [1.54, 1.807) is 6.07 Å². The summed E-state index contributed by atoms with van der Waals surface area (Å²) in [7, 11) is 0. The Morgan fingerprint density at radius 1 is 1.15 bits per heavy atom.